The number of amides is 1. The standard InChI is InChI=1S/C16H24N4O/c1-5-6-10-19(4)16(21)15-13(12-18(2)3)20-11-8-7-9-14(20)17-15/h7-9,11H,5-6,10,12H2,1-4H3. The van der Waals surface area contributed by atoms with E-state index >= 15 is 0 Å². The monoisotopic (exact) mass is 288 g/mol. The van der Waals surface area contributed by atoms with E-state index in [-0.39, 0.29) is 5.91 Å². The van der Waals surface area contributed by atoms with Crippen LogP contribution in [0.3, 0.4) is 0 Å². The van der Waals surface area contributed by atoms with Crippen LogP contribution in [-0.4, -0.2) is 52.8 Å². The Morgan fingerprint density at radius 2 is 2.05 bits per heavy atom. The molecule has 5 nitrogen and oxygen atoms in total. The number of hydrogen-bond acceptors (Lipinski definition) is 3. The average Bonchev–Trinajstić information content (AvgIpc) is 2.82. The molecule has 0 aromatic carbocycles. The molecule has 0 radical (unpaired) electrons. The first-order valence-corrected chi connectivity index (χ1v) is 7.40. The zero-order chi connectivity index (χ0) is 15.4. The second-order valence-electron chi connectivity index (χ2n) is 5.65. The van der Waals surface area contributed by atoms with E-state index in [9.17, 15) is 4.79 Å². The molecule has 5 heteroatoms. The number of pyridine rings is 1. The average molecular weight is 288 g/mol. The molecule has 2 aromatic heterocycles. The SMILES string of the molecule is CCCCN(C)C(=O)c1nc2ccccn2c1CN(C)C. The van der Waals surface area contributed by atoms with Gasteiger partial charge in [0.1, 0.15) is 5.65 Å². The Kier molecular flexibility index (Phi) is 4.96. The van der Waals surface area contributed by atoms with Crippen LogP contribution < -0.4 is 0 Å². The molecule has 2 aromatic rings. The maximum atomic E-state index is 12.7. The van der Waals surface area contributed by atoms with Gasteiger partial charge in [0.05, 0.1) is 5.69 Å². The third kappa shape index (κ3) is 3.42. The van der Waals surface area contributed by atoms with Crippen LogP contribution in [0, 0.1) is 0 Å². The summed E-state index contributed by atoms with van der Waals surface area (Å²) in [4.78, 5) is 21.0. The molecule has 0 N–H and O–H groups in total. The second-order valence-corrected chi connectivity index (χ2v) is 5.65. The van der Waals surface area contributed by atoms with Crippen molar-refractivity contribution in [3.05, 3.63) is 35.8 Å². The molecule has 0 saturated carbocycles. The lowest BCUT2D eigenvalue weighted by Gasteiger charge is -2.17. The molecular weight excluding hydrogens is 264 g/mol. The molecule has 0 bridgehead atoms. The lowest BCUT2D eigenvalue weighted by atomic mass is 10.2. The Balaban J connectivity index is 2.39. The molecule has 114 valence electrons. The largest absolute Gasteiger partial charge is 0.340 e. The molecule has 0 aliphatic carbocycles. The third-order valence-electron chi connectivity index (χ3n) is 3.49. The van der Waals surface area contributed by atoms with Crippen LogP contribution in [0.1, 0.15) is 35.9 Å². The van der Waals surface area contributed by atoms with E-state index in [0.717, 1.165) is 30.7 Å². The third-order valence-corrected chi connectivity index (χ3v) is 3.49. The van der Waals surface area contributed by atoms with Crippen LogP contribution in [0.25, 0.3) is 5.65 Å². The first kappa shape index (κ1) is 15.5. The van der Waals surface area contributed by atoms with E-state index in [1.54, 1.807) is 4.90 Å². The summed E-state index contributed by atoms with van der Waals surface area (Å²) in [6.07, 6.45) is 4.05. The molecule has 0 spiro atoms. The van der Waals surface area contributed by atoms with Crippen LogP contribution in [0.15, 0.2) is 24.4 Å². The first-order valence-electron chi connectivity index (χ1n) is 7.40. The molecule has 0 atom stereocenters. The number of carbonyl (C=O) groups excluding carboxylic acids is 1. The number of unbranched alkanes of at least 4 members (excludes halogenated alkanes) is 1. The van der Waals surface area contributed by atoms with Crippen molar-refractivity contribution in [2.75, 3.05) is 27.7 Å². The van der Waals surface area contributed by atoms with E-state index in [4.69, 9.17) is 0 Å². The second kappa shape index (κ2) is 6.72. The molecule has 2 heterocycles. The number of carbonyl (C=O) groups is 1. The number of aromatic nitrogens is 2. The van der Waals surface area contributed by atoms with Crippen LogP contribution in [0.2, 0.25) is 0 Å². The van der Waals surface area contributed by atoms with Crippen LogP contribution in [-0.2, 0) is 6.54 Å². The molecule has 0 unspecified atom stereocenters. The van der Waals surface area contributed by atoms with E-state index < -0.39 is 0 Å². The molecular formula is C16H24N4O. The highest BCUT2D eigenvalue weighted by Gasteiger charge is 2.21. The van der Waals surface area contributed by atoms with Crippen LogP contribution in [0.4, 0.5) is 0 Å². The van der Waals surface area contributed by atoms with Crippen molar-refractivity contribution in [2.45, 2.75) is 26.3 Å². The maximum Gasteiger partial charge on any atom is 0.274 e. The summed E-state index contributed by atoms with van der Waals surface area (Å²) in [6, 6.07) is 5.84. The quantitative estimate of drug-likeness (QED) is 0.819. The number of fused-ring (bicyclic) bond motifs is 1. The zero-order valence-electron chi connectivity index (χ0n) is 13.3. The lowest BCUT2D eigenvalue weighted by Crippen LogP contribution is -2.29. The van der Waals surface area contributed by atoms with Crippen molar-refractivity contribution in [1.29, 1.82) is 0 Å². The molecule has 0 fully saturated rings. The zero-order valence-corrected chi connectivity index (χ0v) is 13.3. The molecule has 0 saturated heterocycles. The topological polar surface area (TPSA) is 40.9 Å². The lowest BCUT2D eigenvalue weighted by molar-refractivity contribution is 0.0786. The normalized spacial score (nSPS) is 11.3. The van der Waals surface area contributed by atoms with Crippen molar-refractivity contribution >= 4 is 11.6 Å². The van der Waals surface area contributed by atoms with Gasteiger partial charge in [0.2, 0.25) is 0 Å². The van der Waals surface area contributed by atoms with E-state index in [1.807, 2.05) is 49.9 Å². The smallest absolute Gasteiger partial charge is 0.274 e. The van der Waals surface area contributed by atoms with Crippen molar-refractivity contribution < 1.29 is 4.79 Å². The fourth-order valence-electron chi connectivity index (χ4n) is 2.35. The Morgan fingerprint density at radius 3 is 2.71 bits per heavy atom. The van der Waals surface area contributed by atoms with Gasteiger partial charge in [-0.15, -0.1) is 0 Å². The van der Waals surface area contributed by atoms with Gasteiger partial charge in [-0.2, -0.15) is 0 Å². The summed E-state index contributed by atoms with van der Waals surface area (Å²) in [6.45, 7) is 3.58. The van der Waals surface area contributed by atoms with Gasteiger partial charge >= 0.3 is 0 Å². The summed E-state index contributed by atoms with van der Waals surface area (Å²) in [5.74, 6) is 0.00370. The van der Waals surface area contributed by atoms with Crippen molar-refractivity contribution in [1.82, 2.24) is 19.2 Å². The Bertz CT molecular complexity index is 618. The Labute approximate surface area is 126 Å². The number of rotatable bonds is 6. The molecule has 1 amide bonds. The van der Waals surface area contributed by atoms with Crippen LogP contribution >= 0.6 is 0 Å². The first-order chi connectivity index (χ1) is 10.0. The van der Waals surface area contributed by atoms with E-state index in [0.29, 0.717) is 12.2 Å². The minimum Gasteiger partial charge on any atom is -0.340 e. The van der Waals surface area contributed by atoms with Crippen LogP contribution in [0.5, 0.6) is 0 Å². The van der Waals surface area contributed by atoms with E-state index in [2.05, 4.69) is 16.8 Å². The number of nitrogens with zero attached hydrogens (tertiary/aromatic N) is 4. The maximum absolute atomic E-state index is 12.7. The molecule has 21 heavy (non-hydrogen) atoms. The minimum absolute atomic E-state index is 0.00370. The van der Waals surface area contributed by atoms with Crippen molar-refractivity contribution in [2.24, 2.45) is 0 Å². The summed E-state index contributed by atoms with van der Waals surface area (Å²) in [5, 5.41) is 0. The molecule has 2 rings (SSSR count). The highest BCUT2D eigenvalue weighted by atomic mass is 16.2. The number of hydrogen-bond donors (Lipinski definition) is 0. The minimum atomic E-state index is 0.00370. The van der Waals surface area contributed by atoms with E-state index in [1.165, 1.54) is 0 Å². The van der Waals surface area contributed by atoms with Crippen molar-refractivity contribution in [3.8, 4) is 0 Å². The highest BCUT2D eigenvalue weighted by Crippen LogP contribution is 2.16. The Hall–Kier alpha value is -1.88. The predicted octanol–water partition coefficient (Wildman–Crippen LogP) is 2.27. The van der Waals surface area contributed by atoms with Gasteiger partial charge in [0.25, 0.3) is 5.91 Å². The fraction of sp³-hybridized carbons (Fsp3) is 0.500. The summed E-state index contributed by atoms with van der Waals surface area (Å²) >= 11 is 0. The van der Waals surface area contributed by atoms with Gasteiger partial charge in [0.15, 0.2) is 5.69 Å². The summed E-state index contributed by atoms with van der Waals surface area (Å²) < 4.78 is 2.00. The van der Waals surface area contributed by atoms with Gasteiger partial charge in [-0.1, -0.05) is 19.4 Å². The molecule has 0 aliphatic heterocycles. The van der Waals surface area contributed by atoms with Gasteiger partial charge < -0.3 is 14.2 Å². The predicted molar refractivity (Wildman–Crippen MR) is 84.5 cm³/mol. The Morgan fingerprint density at radius 1 is 1.29 bits per heavy atom. The number of imidazole rings is 1. The summed E-state index contributed by atoms with van der Waals surface area (Å²) in [7, 11) is 5.84. The van der Waals surface area contributed by atoms with Gasteiger partial charge in [-0.25, -0.2) is 4.98 Å². The van der Waals surface area contributed by atoms with Gasteiger partial charge in [-0.05, 0) is 32.6 Å². The van der Waals surface area contributed by atoms with Gasteiger partial charge in [0, 0.05) is 26.3 Å². The van der Waals surface area contributed by atoms with Gasteiger partial charge in [-0.3, -0.25) is 4.79 Å². The summed E-state index contributed by atoms with van der Waals surface area (Å²) in [5.41, 5.74) is 2.33. The molecule has 0 aliphatic rings. The fourth-order valence-corrected chi connectivity index (χ4v) is 2.35. The highest BCUT2D eigenvalue weighted by molar-refractivity contribution is 5.94. The van der Waals surface area contributed by atoms with Crippen molar-refractivity contribution in [3.63, 3.8) is 0 Å².